The standard InChI is InChI=1S/C11H14F3O4P/c1-3-8-16-19(15,17-9-4-2)18-10-6-5-7-11(12,13)14/h1-2H,5-10H2. The maximum Gasteiger partial charge on any atom is 0.476 e. The second-order valence-electron chi connectivity index (χ2n) is 3.31. The number of rotatable bonds is 9. The van der Waals surface area contributed by atoms with Crippen LogP contribution in [0, 0.1) is 24.7 Å². The molecule has 0 saturated heterocycles. The van der Waals surface area contributed by atoms with Gasteiger partial charge in [0, 0.05) is 6.42 Å². The lowest BCUT2D eigenvalue weighted by molar-refractivity contribution is -0.135. The highest BCUT2D eigenvalue weighted by Crippen LogP contribution is 2.49. The van der Waals surface area contributed by atoms with Gasteiger partial charge in [0.2, 0.25) is 0 Å². The van der Waals surface area contributed by atoms with Crippen molar-refractivity contribution in [3.63, 3.8) is 0 Å². The number of terminal acetylenes is 2. The average molecular weight is 298 g/mol. The summed E-state index contributed by atoms with van der Waals surface area (Å²) in [6.07, 6.45) is 4.59. The molecule has 0 radical (unpaired) electrons. The highest BCUT2D eigenvalue weighted by atomic mass is 31.2. The molecule has 0 amide bonds. The van der Waals surface area contributed by atoms with E-state index in [0.717, 1.165) is 0 Å². The summed E-state index contributed by atoms with van der Waals surface area (Å²) in [4.78, 5) is 0. The molecular weight excluding hydrogens is 284 g/mol. The molecule has 0 aliphatic carbocycles. The first-order chi connectivity index (χ1) is 8.83. The second kappa shape index (κ2) is 9.01. The zero-order valence-electron chi connectivity index (χ0n) is 10.1. The predicted octanol–water partition coefficient (Wildman–Crippen LogP) is 3.14. The fourth-order valence-electron chi connectivity index (χ4n) is 0.948. The lowest BCUT2D eigenvalue weighted by atomic mass is 10.2. The van der Waals surface area contributed by atoms with Crippen LogP contribution >= 0.6 is 7.82 Å². The minimum Gasteiger partial charge on any atom is -0.287 e. The van der Waals surface area contributed by atoms with Crippen molar-refractivity contribution < 1.29 is 31.3 Å². The number of phosphoric acid groups is 1. The maximum absolute atomic E-state index is 11.9. The Hall–Kier alpha value is -0.980. The Labute approximate surface area is 110 Å². The summed E-state index contributed by atoms with van der Waals surface area (Å²) >= 11 is 0. The van der Waals surface area contributed by atoms with Crippen molar-refractivity contribution in [3.05, 3.63) is 0 Å². The van der Waals surface area contributed by atoms with Crippen LogP contribution in [0.15, 0.2) is 0 Å². The molecule has 0 atom stereocenters. The molecule has 4 nitrogen and oxygen atoms in total. The fourth-order valence-corrected chi connectivity index (χ4v) is 1.99. The monoisotopic (exact) mass is 298 g/mol. The van der Waals surface area contributed by atoms with Crippen LogP contribution in [0.25, 0.3) is 0 Å². The topological polar surface area (TPSA) is 44.8 Å². The Morgan fingerprint density at radius 2 is 1.53 bits per heavy atom. The third-order valence-corrected chi connectivity index (χ3v) is 3.11. The van der Waals surface area contributed by atoms with Gasteiger partial charge in [0.1, 0.15) is 13.2 Å². The van der Waals surface area contributed by atoms with Gasteiger partial charge in [-0.3, -0.25) is 13.6 Å². The summed E-state index contributed by atoms with van der Waals surface area (Å²) in [6.45, 7) is -0.836. The molecule has 0 heterocycles. The van der Waals surface area contributed by atoms with E-state index < -0.39 is 20.4 Å². The van der Waals surface area contributed by atoms with Gasteiger partial charge in [0.05, 0.1) is 6.61 Å². The van der Waals surface area contributed by atoms with E-state index in [-0.39, 0.29) is 32.7 Å². The second-order valence-corrected chi connectivity index (χ2v) is 4.98. The average Bonchev–Trinajstić information content (AvgIpc) is 2.32. The number of phosphoric ester groups is 1. The quantitative estimate of drug-likeness (QED) is 0.373. The fraction of sp³-hybridized carbons (Fsp3) is 0.636. The summed E-state index contributed by atoms with van der Waals surface area (Å²) in [5.41, 5.74) is 0. The van der Waals surface area contributed by atoms with Crippen molar-refractivity contribution in [2.24, 2.45) is 0 Å². The molecule has 0 aliphatic heterocycles. The van der Waals surface area contributed by atoms with Crippen LogP contribution in [0.2, 0.25) is 0 Å². The van der Waals surface area contributed by atoms with Crippen LogP contribution in [0.4, 0.5) is 13.2 Å². The Balaban J connectivity index is 4.03. The minimum absolute atomic E-state index is 0.0579. The molecule has 108 valence electrons. The molecule has 0 bridgehead atoms. The van der Waals surface area contributed by atoms with E-state index in [1.165, 1.54) is 0 Å². The maximum atomic E-state index is 11.9. The first kappa shape index (κ1) is 18.0. The highest BCUT2D eigenvalue weighted by molar-refractivity contribution is 7.48. The van der Waals surface area contributed by atoms with E-state index in [2.05, 4.69) is 20.9 Å². The van der Waals surface area contributed by atoms with Gasteiger partial charge in [-0.05, 0) is 12.8 Å². The molecule has 0 aromatic carbocycles. The number of hydrogen-bond acceptors (Lipinski definition) is 4. The molecule has 19 heavy (non-hydrogen) atoms. The van der Waals surface area contributed by atoms with Gasteiger partial charge < -0.3 is 0 Å². The zero-order valence-corrected chi connectivity index (χ0v) is 11.0. The van der Waals surface area contributed by atoms with E-state index in [1.807, 2.05) is 0 Å². The molecule has 8 heteroatoms. The van der Waals surface area contributed by atoms with Crippen LogP contribution in [0.3, 0.4) is 0 Å². The van der Waals surface area contributed by atoms with Crippen molar-refractivity contribution in [2.45, 2.75) is 25.4 Å². The van der Waals surface area contributed by atoms with Gasteiger partial charge in [-0.25, -0.2) is 4.57 Å². The van der Waals surface area contributed by atoms with Crippen LogP contribution in [0.1, 0.15) is 19.3 Å². The van der Waals surface area contributed by atoms with E-state index in [1.54, 1.807) is 0 Å². The molecule has 0 unspecified atom stereocenters. The van der Waals surface area contributed by atoms with Gasteiger partial charge in [-0.2, -0.15) is 13.2 Å². The Kier molecular flexibility index (Phi) is 8.54. The number of hydrogen-bond donors (Lipinski definition) is 0. The summed E-state index contributed by atoms with van der Waals surface area (Å²) < 4.78 is 61.6. The zero-order chi connectivity index (χ0) is 14.8. The summed E-state index contributed by atoms with van der Waals surface area (Å²) in [5, 5.41) is 0. The predicted molar refractivity (Wildman–Crippen MR) is 63.0 cm³/mol. The molecule has 0 spiro atoms. The van der Waals surface area contributed by atoms with E-state index in [4.69, 9.17) is 17.4 Å². The third-order valence-electron chi connectivity index (χ3n) is 1.72. The summed E-state index contributed by atoms with van der Waals surface area (Å²) in [6, 6.07) is 0. The van der Waals surface area contributed by atoms with Crippen molar-refractivity contribution in [1.82, 2.24) is 0 Å². The summed E-state index contributed by atoms with van der Waals surface area (Å²) in [7, 11) is -3.90. The lowest BCUT2D eigenvalue weighted by Gasteiger charge is -2.15. The number of halogens is 3. The molecule has 0 N–H and O–H groups in total. The van der Waals surface area contributed by atoms with Gasteiger partial charge in [0.15, 0.2) is 0 Å². The van der Waals surface area contributed by atoms with Crippen LogP contribution in [0.5, 0.6) is 0 Å². The Bertz CT molecular complexity index is 359. The molecule has 0 aliphatic rings. The van der Waals surface area contributed by atoms with Gasteiger partial charge in [-0.15, -0.1) is 12.8 Å². The molecule has 0 rings (SSSR count). The van der Waals surface area contributed by atoms with E-state index in [9.17, 15) is 17.7 Å². The summed E-state index contributed by atoms with van der Waals surface area (Å²) in [5.74, 6) is 4.13. The Morgan fingerprint density at radius 3 is 1.95 bits per heavy atom. The SMILES string of the molecule is C#CCOP(=O)(OCC#C)OCCCCC(F)(F)F. The first-order valence-electron chi connectivity index (χ1n) is 5.30. The van der Waals surface area contributed by atoms with Gasteiger partial charge >= 0.3 is 14.0 Å². The van der Waals surface area contributed by atoms with Gasteiger partial charge in [0.25, 0.3) is 0 Å². The lowest BCUT2D eigenvalue weighted by Crippen LogP contribution is -2.07. The van der Waals surface area contributed by atoms with Crippen molar-refractivity contribution >= 4 is 7.82 Å². The first-order valence-corrected chi connectivity index (χ1v) is 6.76. The highest BCUT2D eigenvalue weighted by Gasteiger charge is 2.28. The number of unbranched alkanes of at least 4 members (excludes halogenated alkanes) is 1. The minimum atomic E-state index is -4.22. The van der Waals surface area contributed by atoms with Gasteiger partial charge in [-0.1, -0.05) is 11.8 Å². The molecule has 0 saturated carbocycles. The van der Waals surface area contributed by atoms with Crippen LogP contribution < -0.4 is 0 Å². The van der Waals surface area contributed by atoms with Crippen molar-refractivity contribution in [1.29, 1.82) is 0 Å². The molecule has 0 fully saturated rings. The van der Waals surface area contributed by atoms with E-state index >= 15 is 0 Å². The van der Waals surface area contributed by atoms with Crippen LogP contribution in [-0.2, 0) is 18.1 Å². The number of alkyl halides is 3. The normalized spacial score (nSPS) is 11.8. The molecule has 0 aromatic heterocycles. The van der Waals surface area contributed by atoms with Crippen molar-refractivity contribution in [2.75, 3.05) is 19.8 Å². The van der Waals surface area contributed by atoms with Crippen molar-refractivity contribution in [3.8, 4) is 24.7 Å². The third kappa shape index (κ3) is 10.6. The van der Waals surface area contributed by atoms with E-state index in [0.29, 0.717) is 0 Å². The smallest absolute Gasteiger partial charge is 0.287 e. The largest absolute Gasteiger partial charge is 0.476 e. The molecular formula is C11H14F3O4P. The molecule has 0 aromatic rings. The Morgan fingerprint density at radius 1 is 1.00 bits per heavy atom. The van der Waals surface area contributed by atoms with Crippen LogP contribution in [-0.4, -0.2) is 26.0 Å².